The van der Waals surface area contributed by atoms with Crippen molar-refractivity contribution in [1.82, 2.24) is 40.9 Å². The fourth-order valence-electron chi connectivity index (χ4n) is 6.84. The van der Waals surface area contributed by atoms with Crippen LogP contribution < -0.4 is 10.6 Å². The molecule has 3 amide bonds. The second-order valence-corrected chi connectivity index (χ2v) is 15.5. The van der Waals surface area contributed by atoms with Gasteiger partial charge in [-0.2, -0.15) is 10.2 Å². The molecule has 7 rings (SSSR count). The van der Waals surface area contributed by atoms with Crippen molar-refractivity contribution in [2.24, 2.45) is 10.4 Å². The summed E-state index contributed by atoms with van der Waals surface area (Å²) in [6.07, 6.45) is 0.0747. The number of ether oxygens (including phenoxy) is 2. The number of aromatic nitrogens is 5. The summed E-state index contributed by atoms with van der Waals surface area (Å²) in [5.74, 6) is -0.329. The van der Waals surface area contributed by atoms with Crippen LogP contribution in [0.5, 0.6) is 0 Å². The minimum atomic E-state index is -2.81. The first-order valence-electron chi connectivity index (χ1n) is 18.2. The van der Waals surface area contributed by atoms with E-state index in [-0.39, 0.29) is 37.2 Å². The zero-order valence-electron chi connectivity index (χ0n) is 31.3. The third kappa shape index (κ3) is 8.80. The predicted molar refractivity (Wildman–Crippen MR) is 206 cm³/mol. The monoisotopic (exact) mass is 799 g/mol. The van der Waals surface area contributed by atoms with Crippen molar-refractivity contribution in [3.63, 3.8) is 0 Å². The van der Waals surface area contributed by atoms with Crippen molar-refractivity contribution in [2.75, 3.05) is 6.61 Å². The Hall–Kier alpha value is -6.16. The summed E-state index contributed by atoms with van der Waals surface area (Å²) in [5.41, 5.74) is 0.287. The molecule has 14 nitrogen and oxygen atoms in total. The van der Waals surface area contributed by atoms with Gasteiger partial charge in [-0.1, -0.05) is 93.0 Å². The van der Waals surface area contributed by atoms with Crippen molar-refractivity contribution < 1.29 is 32.6 Å². The Labute approximate surface area is 331 Å². The highest BCUT2D eigenvalue weighted by Gasteiger charge is 2.55. The van der Waals surface area contributed by atoms with Gasteiger partial charge in [0.25, 0.3) is 12.3 Å². The van der Waals surface area contributed by atoms with E-state index >= 15 is 4.79 Å². The van der Waals surface area contributed by atoms with Crippen molar-refractivity contribution >= 4 is 35.7 Å². The van der Waals surface area contributed by atoms with Gasteiger partial charge in [-0.3, -0.25) is 19.9 Å². The number of guanidine groups is 1. The van der Waals surface area contributed by atoms with Gasteiger partial charge in [0, 0.05) is 23.4 Å². The molecule has 17 heteroatoms. The summed E-state index contributed by atoms with van der Waals surface area (Å²) in [6.45, 7) is 5.43. The molecule has 296 valence electrons. The van der Waals surface area contributed by atoms with Gasteiger partial charge in [0.2, 0.25) is 5.96 Å². The highest BCUT2D eigenvalue weighted by molar-refractivity contribution is 6.33. The van der Waals surface area contributed by atoms with Crippen molar-refractivity contribution in [1.29, 1.82) is 0 Å². The molecule has 1 aliphatic heterocycles. The van der Waals surface area contributed by atoms with Crippen LogP contribution in [0.1, 0.15) is 74.9 Å². The zero-order chi connectivity index (χ0) is 40.3. The van der Waals surface area contributed by atoms with Crippen LogP contribution >= 0.6 is 11.6 Å². The molecule has 5 aromatic rings. The molecule has 2 fully saturated rings. The maximum absolute atomic E-state index is 15.5. The first-order valence-corrected chi connectivity index (χ1v) is 18.6. The SMILES string of the molecule is CC(C)(C)C[C@]1(c2ccc(-c3c[nH]nc3C(F)F)cc2)NC(=NC(=O)OCc2ccccc2)N([C@H](COC(=O)NC2CC2)c2ccc(Cl)c(-c3ncn[nH]3)c2)C1=O. The molecule has 2 atom stereocenters. The topological polar surface area (TPSA) is 180 Å². The van der Waals surface area contributed by atoms with Crippen LogP contribution in [0, 0.1) is 5.41 Å². The molecular formula is C40H40ClF2N9O5. The number of benzene rings is 3. The Morgan fingerprint density at radius 1 is 1.05 bits per heavy atom. The highest BCUT2D eigenvalue weighted by atomic mass is 35.5. The average Bonchev–Trinajstić information content (AvgIpc) is 3.52. The van der Waals surface area contributed by atoms with Crippen LogP contribution in [0.2, 0.25) is 5.02 Å². The Kier molecular flexibility index (Phi) is 11.1. The lowest BCUT2D eigenvalue weighted by Gasteiger charge is -2.35. The molecule has 3 aromatic carbocycles. The molecule has 0 radical (unpaired) electrons. The van der Waals surface area contributed by atoms with Gasteiger partial charge in [-0.25, -0.2) is 23.4 Å². The minimum Gasteiger partial charge on any atom is -0.447 e. The third-order valence-electron chi connectivity index (χ3n) is 9.53. The molecule has 4 N–H and O–H groups in total. The second-order valence-electron chi connectivity index (χ2n) is 15.1. The van der Waals surface area contributed by atoms with Gasteiger partial charge in [0.05, 0.1) is 11.1 Å². The number of aliphatic imine (C=N–C) groups is 1. The number of rotatable bonds is 12. The van der Waals surface area contributed by atoms with Crippen LogP contribution in [0.3, 0.4) is 0 Å². The van der Waals surface area contributed by atoms with Gasteiger partial charge >= 0.3 is 12.2 Å². The van der Waals surface area contributed by atoms with Crippen molar-refractivity contribution in [2.45, 2.75) is 70.7 Å². The van der Waals surface area contributed by atoms with E-state index in [9.17, 15) is 18.4 Å². The molecule has 1 saturated carbocycles. The summed E-state index contributed by atoms with van der Waals surface area (Å²) in [5, 5.41) is 19.4. The lowest BCUT2D eigenvalue weighted by Crippen LogP contribution is -2.47. The molecule has 1 saturated heterocycles. The van der Waals surface area contributed by atoms with E-state index in [0.29, 0.717) is 33.1 Å². The van der Waals surface area contributed by atoms with Gasteiger partial charge in [0.15, 0.2) is 5.82 Å². The minimum absolute atomic E-state index is 0.00244. The number of aromatic amines is 2. The quantitative estimate of drug-likeness (QED) is 0.0978. The number of nitrogens with one attached hydrogen (secondary N) is 4. The van der Waals surface area contributed by atoms with Gasteiger partial charge in [0.1, 0.15) is 30.8 Å². The van der Waals surface area contributed by atoms with Gasteiger partial charge < -0.3 is 20.1 Å². The summed E-state index contributed by atoms with van der Waals surface area (Å²) >= 11 is 6.62. The van der Waals surface area contributed by atoms with E-state index in [0.717, 1.165) is 18.4 Å². The van der Waals surface area contributed by atoms with E-state index < -0.39 is 47.2 Å². The smallest absolute Gasteiger partial charge is 0.437 e. The number of halogens is 3. The summed E-state index contributed by atoms with van der Waals surface area (Å²) in [4.78, 5) is 51.9. The summed E-state index contributed by atoms with van der Waals surface area (Å²) in [7, 11) is 0. The van der Waals surface area contributed by atoms with Crippen LogP contribution in [0.15, 0.2) is 90.3 Å². The number of hydrogen-bond donors (Lipinski definition) is 4. The maximum Gasteiger partial charge on any atom is 0.437 e. The number of hydrogen-bond acceptors (Lipinski definition) is 8. The number of amides is 3. The standard InChI is InChI=1S/C40H40ClF2N9O5/c1-39(2,3)21-40(26-12-9-24(10-13-26)29-18-45-50-32(29)33(42)43)35(53)52(36(49-40)48-38(55)56-19-23-7-5-4-6-8-23)31(20-57-37(54)47-27-14-15-27)25-11-16-30(41)28(17-25)34-44-22-46-51-34/h4-13,16-18,22,27,31,33H,14-15,19-21H2,1-3H3,(H,45,50)(H,47,54)(H,44,46,51)(H,48,49,55)/t31-,40-/m1/s1. The second kappa shape index (κ2) is 16.1. The Bertz CT molecular complexity index is 2260. The Morgan fingerprint density at radius 3 is 2.47 bits per heavy atom. The van der Waals surface area contributed by atoms with E-state index in [2.05, 4.69) is 41.0 Å². The lowest BCUT2D eigenvalue weighted by atomic mass is 9.75. The Morgan fingerprint density at radius 2 is 1.81 bits per heavy atom. The molecule has 0 spiro atoms. The number of nitrogens with zero attached hydrogens (tertiary/aromatic N) is 5. The number of carbonyl (C=O) groups is 3. The van der Waals surface area contributed by atoms with Gasteiger partial charge in [-0.05, 0) is 59.1 Å². The van der Waals surface area contributed by atoms with E-state index in [1.54, 1.807) is 54.6 Å². The number of H-pyrrole nitrogens is 2. The van der Waals surface area contributed by atoms with E-state index in [1.807, 2.05) is 39.0 Å². The van der Waals surface area contributed by atoms with Crippen molar-refractivity contribution in [3.8, 4) is 22.5 Å². The number of carbonyl (C=O) groups excluding carboxylic acids is 3. The molecule has 2 aliphatic rings. The molecular weight excluding hydrogens is 760 g/mol. The summed E-state index contributed by atoms with van der Waals surface area (Å²) < 4.78 is 38.9. The molecule has 0 bridgehead atoms. The fraction of sp³-hybridized carbons (Fsp3) is 0.325. The average molecular weight is 800 g/mol. The summed E-state index contributed by atoms with van der Waals surface area (Å²) in [6, 6.07) is 19.6. The molecule has 1 aliphatic carbocycles. The largest absolute Gasteiger partial charge is 0.447 e. The third-order valence-corrected chi connectivity index (χ3v) is 9.86. The maximum atomic E-state index is 15.5. The van der Waals surface area contributed by atoms with Gasteiger partial charge in [-0.15, -0.1) is 4.99 Å². The molecule has 57 heavy (non-hydrogen) atoms. The van der Waals surface area contributed by atoms with E-state index in [4.69, 9.17) is 21.1 Å². The molecule has 3 heterocycles. The first-order chi connectivity index (χ1) is 27.3. The van der Waals surface area contributed by atoms with Crippen molar-refractivity contribution in [3.05, 3.63) is 113 Å². The normalized spacial score (nSPS) is 18.1. The van der Waals surface area contributed by atoms with E-state index in [1.165, 1.54) is 17.4 Å². The van der Waals surface area contributed by atoms with Crippen LogP contribution in [-0.4, -0.2) is 67.0 Å². The zero-order valence-corrected chi connectivity index (χ0v) is 32.0. The fourth-order valence-corrected chi connectivity index (χ4v) is 7.05. The Balaban J connectivity index is 1.34. The lowest BCUT2D eigenvalue weighted by molar-refractivity contribution is -0.134. The van der Waals surface area contributed by atoms with Crippen LogP contribution in [-0.2, 0) is 26.4 Å². The van der Waals surface area contributed by atoms with Crippen LogP contribution in [0.4, 0.5) is 18.4 Å². The predicted octanol–water partition coefficient (Wildman–Crippen LogP) is 7.84. The molecule has 2 aromatic heterocycles. The number of alkyl carbamates (subject to hydrolysis) is 1. The molecule has 0 unspecified atom stereocenters. The van der Waals surface area contributed by atoms with Crippen LogP contribution in [0.25, 0.3) is 22.5 Å². The number of alkyl halides is 2. The highest BCUT2D eigenvalue weighted by Crippen LogP contribution is 2.44. The first kappa shape index (κ1) is 39.1.